The van der Waals surface area contributed by atoms with Gasteiger partial charge in [-0.1, -0.05) is 38.6 Å². The number of imidazole rings is 1. The number of nitrogens with zero attached hydrogens (tertiary/aromatic N) is 6. The van der Waals surface area contributed by atoms with Crippen molar-refractivity contribution in [3.8, 4) is 0 Å². The fourth-order valence-corrected chi connectivity index (χ4v) is 3.97. The van der Waals surface area contributed by atoms with Crippen LogP contribution >= 0.6 is 11.8 Å². The molecule has 0 saturated carbocycles. The third-order valence-corrected chi connectivity index (χ3v) is 5.72. The second-order valence-electron chi connectivity index (χ2n) is 7.99. The summed E-state index contributed by atoms with van der Waals surface area (Å²) in [5, 5.41) is 0.921. The van der Waals surface area contributed by atoms with Crippen molar-refractivity contribution in [1.82, 2.24) is 28.5 Å². The van der Waals surface area contributed by atoms with E-state index < -0.39 is 5.69 Å². The van der Waals surface area contributed by atoms with Gasteiger partial charge in [-0.05, 0) is 12.1 Å². The van der Waals surface area contributed by atoms with Crippen molar-refractivity contribution in [3.63, 3.8) is 0 Å². The monoisotopic (exact) mass is 410 g/mol. The standard InChI is InChI=1S/C20H22N6O2S/c1-20(2,3)18-22-15-14(17(27)25(5)19(28)24(15)4)16(23-18)29-11-12-10-26-9-7-6-8-13(26)21-12/h6-10H,11H2,1-5H3. The number of hydrogen-bond donors (Lipinski definition) is 0. The molecule has 0 unspecified atom stereocenters. The van der Waals surface area contributed by atoms with Crippen LogP contribution in [0.25, 0.3) is 16.7 Å². The molecule has 4 aromatic rings. The third-order valence-electron chi connectivity index (χ3n) is 4.71. The van der Waals surface area contributed by atoms with Crippen LogP contribution in [0, 0.1) is 0 Å². The Labute approximate surface area is 171 Å². The summed E-state index contributed by atoms with van der Waals surface area (Å²) in [6.45, 7) is 6.01. The van der Waals surface area contributed by atoms with Gasteiger partial charge in [0.05, 0.1) is 5.69 Å². The Morgan fingerprint density at radius 2 is 1.79 bits per heavy atom. The van der Waals surface area contributed by atoms with Crippen LogP contribution in [0.2, 0.25) is 0 Å². The Balaban J connectivity index is 1.87. The number of pyridine rings is 1. The van der Waals surface area contributed by atoms with Gasteiger partial charge in [0.25, 0.3) is 5.56 Å². The Morgan fingerprint density at radius 1 is 1.03 bits per heavy atom. The van der Waals surface area contributed by atoms with Gasteiger partial charge in [-0.3, -0.25) is 13.9 Å². The summed E-state index contributed by atoms with van der Waals surface area (Å²) in [6, 6.07) is 5.83. The molecule has 0 spiro atoms. The van der Waals surface area contributed by atoms with Gasteiger partial charge >= 0.3 is 5.69 Å². The first-order valence-corrected chi connectivity index (χ1v) is 10.2. The molecule has 9 heteroatoms. The minimum atomic E-state index is -0.405. The van der Waals surface area contributed by atoms with Gasteiger partial charge in [-0.25, -0.2) is 19.7 Å². The van der Waals surface area contributed by atoms with Crippen molar-refractivity contribution in [3.05, 3.63) is 62.9 Å². The number of hydrogen-bond acceptors (Lipinski definition) is 6. The average molecular weight is 411 g/mol. The van der Waals surface area contributed by atoms with Crippen LogP contribution in [-0.2, 0) is 25.3 Å². The highest BCUT2D eigenvalue weighted by Gasteiger charge is 2.23. The van der Waals surface area contributed by atoms with Crippen molar-refractivity contribution >= 4 is 28.4 Å². The lowest BCUT2D eigenvalue weighted by molar-refractivity contribution is 0.539. The van der Waals surface area contributed by atoms with Crippen molar-refractivity contribution in [1.29, 1.82) is 0 Å². The smallest absolute Gasteiger partial charge is 0.307 e. The van der Waals surface area contributed by atoms with Gasteiger partial charge in [0.1, 0.15) is 21.9 Å². The molecule has 4 rings (SSSR count). The SMILES string of the molecule is Cn1c(=O)c2c(SCc3cn4ccccc4n3)nc(C(C)(C)C)nc2n(C)c1=O. The first-order valence-electron chi connectivity index (χ1n) is 9.20. The molecule has 29 heavy (non-hydrogen) atoms. The van der Waals surface area contributed by atoms with Crippen LogP contribution in [0.4, 0.5) is 0 Å². The fourth-order valence-electron chi connectivity index (χ4n) is 3.07. The summed E-state index contributed by atoms with van der Waals surface area (Å²) in [6.07, 6.45) is 3.91. The van der Waals surface area contributed by atoms with Crippen LogP contribution in [-0.4, -0.2) is 28.5 Å². The minimum Gasteiger partial charge on any atom is -0.307 e. The third kappa shape index (κ3) is 3.35. The zero-order chi connectivity index (χ0) is 20.9. The van der Waals surface area contributed by atoms with Crippen molar-refractivity contribution in [2.24, 2.45) is 14.1 Å². The van der Waals surface area contributed by atoms with E-state index in [-0.39, 0.29) is 11.0 Å². The van der Waals surface area contributed by atoms with Gasteiger partial charge < -0.3 is 4.40 Å². The largest absolute Gasteiger partial charge is 0.332 e. The van der Waals surface area contributed by atoms with Crippen molar-refractivity contribution < 1.29 is 0 Å². The van der Waals surface area contributed by atoms with E-state index in [0.717, 1.165) is 15.9 Å². The lowest BCUT2D eigenvalue weighted by Gasteiger charge is -2.19. The predicted octanol–water partition coefficient (Wildman–Crippen LogP) is 2.26. The summed E-state index contributed by atoms with van der Waals surface area (Å²) in [4.78, 5) is 39.2. The van der Waals surface area contributed by atoms with Crippen LogP contribution in [0.15, 0.2) is 45.2 Å². The number of aryl methyl sites for hydroxylation is 1. The predicted molar refractivity (Wildman–Crippen MR) is 113 cm³/mol. The van der Waals surface area contributed by atoms with Gasteiger partial charge in [0, 0.05) is 37.7 Å². The van der Waals surface area contributed by atoms with Crippen LogP contribution < -0.4 is 11.2 Å². The molecule has 0 aliphatic rings. The molecule has 0 amide bonds. The molecule has 0 N–H and O–H groups in total. The van der Waals surface area contributed by atoms with Crippen LogP contribution in [0.5, 0.6) is 0 Å². The molecule has 0 bridgehead atoms. The quantitative estimate of drug-likeness (QED) is 0.380. The van der Waals surface area contributed by atoms with Gasteiger partial charge in [-0.15, -0.1) is 0 Å². The first kappa shape index (κ1) is 19.4. The van der Waals surface area contributed by atoms with E-state index in [2.05, 4.69) is 9.97 Å². The zero-order valence-corrected chi connectivity index (χ0v) is 17.8. The number of rotatable bonds is 3. The molecule has 0 atom stereocenters. The molecule has 150 valence electrons. The lowest BCUT2D eigenvalue weighted by Crippen LogP contribution is -2.38. The molecule has 0 aromatic carbocycles. The summed E-state index contributed by atoms with van der Waals surface area (Å²) in [5.41, 5.74) is 0.981. The van der Waals surface area contributed by atoms with E-state index in [1.54, 1.807) is 7.05 Å². The molecule has 0 radical (unpaired) electrons. The Bertz CT molecular complexity index is 1330. The van der Waals surface area contributed by atoms with E-state index in [0.29, 0.717) is 27.6 Å². The van der Waals surface area contributed by atoms with Gasteiger partial charge in [-0.2, -0.15) is 0 Å². The highest BCUT2D eigenvalue weighted by atomic mass is 32.2. The minimum absolute atomic E-state index is 0.330. The number of aromatic nitrogens is 6. The van der Waals surface area contributed by atoms with E-state index in [1.165, 1.54) is 23.4 Å². The van der Waals surface area contributed by atoms with E-state index in [1.807, 2.05) is 55.8 Å². The number of fused-ring (bicyclic) bond motifs is 2. The molecule has 0 aliphatic heterocycles. The Morgan fingerprint density at radius 3 is 2.48 bits per heavy atom. The van der Waals surface area contributed by atoms with Gasteiger partial charge in [0.2, 0.25) is 0 Å². The average Bonchev–Trinajstić information content (AvgIpc) is 3.10. The molecule has 0 fully saturated rings. The highest BCUT2D eigenvalue weighted by Crippen LogP contribution is 2.29. The normalized spacial score (nSPS) is 12.2. The van der Waals surface area contributed by atoms with Crippen molar-refractivity contribution in [2.45, 2.75) is 37.0 Å². The van der Waals surface area contributed by atoms with Crippen LogP contribution in [0.3, 0.4) is 0 Å². The molecular weight excluding hydrogens is 388 g/mol. The topological polar surface area (TPSA) is 87.1 Å². The molecule has 0 aliphatic carbocycles. The Hall–Kier alpha value is -2.94. The fraction of sp³-hybridized carbons (Fsp3) is 0.350. The Kier molecular flexibility index (Phi) is 4.57. The summed E-state index contributed by atoms with van der Waals surface area (Å²) in [7, 11) is 3.10. The van der Waals surface area contributed by atoms with Crippen molar-refractivity contribution in [2.75, 3.05) is 0 Å². The maximum atomic E-state index is 12.9. The molecule has 0 saturated heterocycles. The van der Waals surface area contributed by atoms with E-state index in [4.69, 9.17) is 4.98 Å². The summed E-state index contributed by atoms with van der Waals surface area (Å²) >= 11 is 1.43. The van der Waals surface area contributed by atoms with E-state index in [9.17, 15) is 9.59 Å². The molecule has 4 heterocycles. The maximum Gasteiger partial charge on any atom is 0.332 e. The van der Waals surface area contributed by atoms with Crippen LogP contribution in [0.1, 0.15) is 32.3 Å². The lowest BCUT2D eigenvalue weighted by atomic mass is 9.96. The molecule has 4 aromatic heterocycles. The number of thioether (sulfide) groups is 1. The summed E-state index contributed by atoms with van der Waals surface area (Å²) < 4.78 is 4.46. The van der Waals surface area contributed by atoms with Gasteiger partial charge in [0.15, 0.2) is 5.65 Å². The molecular formula is C20H22N6O2S. The molecule has 8 nitrogen and oxygen atoms in total. The zero-order valence-electron chi connectivity index (χ0n) is 17.0. The summed E-state index contributed by atoms with van der Waals surface area (Å²) in [5.74, 6) is 1.13. The maximum absolute atomic E-state index is 12.9. The first-order chi connectivity index (χ1) is 13.7. The highest BCUT2D eigenvalue weighted by molar-refractivity contribution is 7.98. The second kappa shape index (κ2) is 6.84. The second-order valence-corrected chi connectivity index (χ2v) is 8.96. The van der Waals surface area contributed by atoms with E-state index >= 15 is 0 Å².